The highest BCUT2D eigenvalue weighted by Crippen LogP contribution is 1.98. The fraction of sp³-hybridized carbons (Fsp3) is 0.429. The predicted molar refractivity (Wildman–Crippen MR) is 69.1 cm³/mol. The van der Waals surface area contributed by atoms with E-state index in [1.54, 1.807) is 12.1 Å². The van der Waals surface area contributed by atoms with Crippen LogP contribution in [0.4, 0.5) is 4.39 Å². The van der Waals surface area contributed by atoms with Crippen molar-refractivity contribution in [2.75, 3.05) is 13.1 Å². The van der Waals surface area contributed by atoms with Gasteiger partial charge in [0.05, 0.1) is 0 Å². The van der Waals surface area contributed by atoms with Gasteiger partial charge in [-0.3, -0.25) is 0 Å². The fourth-order valence-electron chi connectivity index (χ4n) is 1.04. The Hall–Kier alpha value is -1.15. The molecule has 1 N–H and O–H groups in total. The first-order chi connectivity index (χ1) is 7.70. The van der Waals surface area contributed by atoms with Crippen LogP contribution in [-0.4, -0.2) is 13.1 Å². The minimum absolute atomic E-state index is 0.171. The average molecular weight is 223 g/mol. The predicted octanol–water partition coefficient (Wildman–Crippen LogP) is 3.70. The number of nitrogens with one attached hydrogen (secondary N) is 1. The minimum atomic E-state index is -0.171. The minimum Gasteiger partial charge on any atom is -0.316 e. The third-order valence-electron chi connectivity index (χ3n) is 1.96. The van der Waals surface area contributed by atoms with Crippen LogP contribution >= 0.6 is 0 Å². The van der Waals surface area contributed by atoms with Crippen LogP contribution in [0.15, 0.2) is 36.9 Å². The largest absolute Gasteiger partial charge is 0.316 e. The van der Waals surface area contributed by atoms with Gasteiger partial charge in [-0.15, -0.1) is 6.58 Å². The summed E-state index contributed by atoms with van der Waals surface area (Å²) in [5.74, 6) is -0.171. The van der Waals surface area contributed by atoms with E-state index in [0.29, 0.717) is 0 Å². The van der Waals surface area contributed by atoms with Crippen molar-refractivity contribution < 1.29 is 4.39 Å². The molecule has 1 aromatic rings. The molecule has 1 rings (SSSR count). The van der Waals surface area contributed by atoms with Gasteiger partial charge in [0.1, 0.15) is 5.82 Å². The van der Waals surface area contributed by atoms with Gasteiger partial charge < -0.3 is 5.32 Å². The summed E-state index contributed by atoms with van der Waals surface area (Å²) in [6.45, 7) is 9.93. The molecule has 0 amide bonds. The molecule has 0 spiro atoms. The molecule has 0 aliphatic heterocycles. The number of benzene rings is 1. The lowest BCUT2D eigenvalue weighted by Gasteiger charge is -1.96. The van der Waals surface area contributed by atoms with Crippen LogP contribution in [0.1, 0.15) is 25.3 Å². The molecule has 0 saturated carbocycles. The Balaban J connectivity index is 0.000000281. The summed E-state index contributed by atoms with van der Waals surface area (Å²) in [6.07, 6.45) is 4.24. The van der Waals surface area contributed by atoms with Crippen molar-refractivity contribution in [1.82, 2.24) is 5.32 Å². The molecule has 0 unspecified atom stereocenters. The normalized spacial score (nSPS) is 9.19. The van der Waals surface area contributed by atoms with Crippen molar-refractivity contribution in [3.63, 3.8) is 0 Å². The SMILES string of the molecule is C=CCCNCCC.Cc1ccc(F)cc1. The smallest absolute Gasteiger partial charge is 0.123 e. The molecular weight excluding hydrogens is 201 g/mol. The van der Waals surface area contributed by atoms with E-state index in [1.165, 1.54) is 18.6 Å². The van der Waals surface area contributed by atoms with E-state index >= 15 is 0 Å². The third kappa shape index (κ3) is 9.41. The van der Waals surface area contributed by atoms with E-state index in [9.17, 15) is 4.39 Å². The first-order valence-electron chi connectivity index (χ1n) is 5.74. The molecule has 16 heavy (non-hydrogen) atoms. The zero-order valence-corrected chi connectivity index (χ0v) is 10.3. The third-order valence-corrected chi connectivity index (χ3v) is 1.96. The van der Waals surface area contributed by atoms with E-state index in [2.05, 4.69) is 18.8 Å². The molecular formula is C14H22FN. The quantitative estimate of drug-likeness (QED) is 0.593. The summed E-state index contributed by atoms with van der Waals surface area (Å²) in [6, 6.07) is 6.40. The molecule has 2 heteroatoms. The molecule has 0 aliphatic carbocycles. The topological polar surface area (TPSA) is 12.0 Å². The van der Waals surface area contributed by atoms with E-state index in [0.717, 1.165) is 25.1 Å². The zero-order chi connectivity index (χ0) is 12.2. The van der Waals surface area contributed by atoms with E-state index in [1.807, 2.05) is 13.0 Å². The van der Waals surface area contributed by atoms with E-state index in [-0.39, 0.29) is 5.82 Å². The molecule has 1 aromatic carbocycles. The lowest BCUT2D eigenvalue weighted by Crippen LogP contribution is -2.14. The number of halogens is 1. The van der Waals surface area contributed by atoms with Crippen LogP contribution in [0.2, 0.25) is 0 Å². The van der Waals surface area contributed by atoms with Gasteiger partial charge in [-0.25, -0.2) is 4.39 Å². The molecule has 0 saturated heterocycles. The van der Waals surface area contributed by atoms with Gasteiger partial charge in [-0.1, -0.05) is 30.7 Å². The van der Waals surface area contributed by atoms with Crippen molar-refractivity contribution in [2.24, 2.45) is 0 Å². The summed E-state index contributed by atoms with van der Waals surface area (Å²) in [7, 11) is 0. The van der Waals surface area contributed by atoms with Gasteiger partial charge in [-0.2, -0.15) is 0 Å². The Morgan fingerprint density at radius 2 is 1.88 bits per heavy atom. The zero-order valence-electron chi connectivity index (χ0n) is 10.3. The molecule has 0 bridgehead atoms. The van der Waals surface area contributed by atoms with Crippen LogP contribution in [0, 0.1) is 12.7 Å². The Bertz CT molecular complexity index is 246. The monoisotopic (exact) mass is 223 g/mol. The molecule has 0 aromatic heterocycles. The van der Waals surface area contributed by atoms with Crippen LogP contribution in [0.5, 0.6) is 0 Å². The van der Waals surface area contributed by atoms with Crippen LogP contribution in [0.3, 0.4) is 0 Å². The van der Waals surface area contributed by atoms with Gasteiger partial charge in [0.25, 0.3) is 0 Å². The summed E-state index contributed by atoms with van der Waals surface area (Å²) in [5, 5.41) is 3.26. The second-order valence-corrected chi connectivity index (χ2v) is 3.62. The van der Waals surface area contributed by atoms with Crippen LogP contribution in [-0.2, 0) is 0 Å². The van der Waals surface area contributed by atoms with Crippen LogP contribution < -0.4 is 5.32 Å². The molecule has 0 heterocycles. The highest BCUT2D eigenvalue weighted by Gasteiger charge is 1.83. The maximum atomic E-state index is 12.1. The molecule has 0 radical (unpaired) electrons. The molecule has 0 fully saturated rings. The van der Waals surface area contributed by atoms with E-state index < -0.39 is 0 Å². The molecule has 0 atom stereocenters. The maximum absolute atomic E-state index is 12.1. The molecule has 90 valence electrons. The van der Waals surface area contributed by atoms with Crippen molar-refractivity contribution in [2.45, 2.75) is 26.7 Å². The van der Waals surface area contributed by atoms with Gasteiger partial charge in [0, 0.05) is 0 Å². The maximum Gasteiger partial charge on any atom is 0.123 e. The summed E-state index contributed by atoms with van der Waals surface area (Å²) >= 11 is 0. The first-order valence-corrected chi connectivity index (χ1v) is 5.74. The fourth-order valence-corrected chi connectivity index (χ4v) is 1.04. The highest BCUT2D eigenvalue weighted by molar-refractivity contribution is 5.13. The van der Waals surface area contributed by atoms with Gasteiger partial charge in [-0.05, 0) is 45.0 Å². The lowest BCUT2D eigenvalue weighted by molar-refractivity contribution is 0.627. The lowest BCUT2D eigenvalue weighted by atomic mass is 10.2. The summed E-state index contributed by atoms with van der Waals surface area (Å²) in [4.78, 5) is 0. The van der Waals surface area contributed by atoms with Crippen molar-refractivity contribution in [3.05, 3.63) is 48.3 Å². The first kappa shape index (κ1) is 14.8. The summed E-state index contributed by atoms with van der Waals surface area (Å²) < 4.78 is 12.1. The second kappa shape index (κ2) is 10.4. The van der Waals surface area contributed by atoms with Gasteiger partial charge >= 0.3 is 0 Å². The van der Waals surface area contributed by atoms with E-state index in [4.69, 9.17) is 0 Å². The average Bonchev–Trinajstić information content (AvgIpc) is 2.30. The number of hydrogen-bond donors (Lipinski definition) is 1. The van der Waals surface area contributed by atoms with Crippen molar-refractivity contribution >= 4 is 0 Å². The van der Waals surface area contributed by atoms with Gasteiger partial charge in [0.2, 0.25) is 0 Å². The standard InChI is InChI=1S/C7H7F.C7H15N/c1-6-2-4-7(8)5-3-6;1-3-5-7-8-6-4-2/h2-5H,1H3;3,8H,1,4-7H2,2H3. The Kier molecular flexibility index (Phi) is 9.63. The van der Waals surface area contributed by atoms with Crippen molar-refractivity contribution in [3.8, 4) is 0 Å². The second-order valence-electron chi connectivity index (χ2n) is 3.62. The molecule has 0 aliphatic rings. The number of rotatable bonds is 5. The Morgan fingerprint density at radius 3 is 2.31 bits per heavy atom. The molecule has 1 nitrogen and oxygen atoms in total. The Labute approximate surface area is 98.4 Å². The van der Waals surface area contributed by atoms with Crippen molar-refractivity contribution in [1.29, 1.82) is 0 Å². The Morgan fingerprint density at radius 1 is 1.25 bits per heavy atom. The van der Waals surface area contributed by atoms with Crippen LogP contribution in [0.25, 0.3) is 0 Å². The van der Waals surface area contributed by atoms with Gasteiger partial charge in [0.15, 0.2) is 0 Å². The number of aryl methyl sites for hydroxylation is 1. The highest BCUT2D eigenvalue weighted by atomic mass is 19.1. The number of hydrogen-bond acceptors (Lipinski definition) is 1. The summed E-state index contributed by atoms with van der Waals surface area (Å²) in [5.41, 5.74) is 1.09.